The zero-order chi connectivity index (χ0) is 15.1. The minimum absolute atomic E-state index is 0.441. The molecule has 0 fully saturated rings. The summed E-state index contributed by atoms with van der Waals surface area (Å²) < 4.78 is 5.91. The van der Waals surface area contributed by atoms with Crippen LogP contribution in [0.1, 0.15) is 30.5 Å². The average molecular weight is 280 g/mol. The topological polar surface area (TPSA) is 45.0 Å². The summed E-state index contributed by atoms with van der Waals surface area (Å²) >= 11 is 0. The molecule has 0 bridgehead atoms. The molecule has 2 aromatic rings. The van der Waals surface area contributed by atoms with Crippen LogP contribution in [0.5, 0.6) is 5.75 Å². The molecule has 0 aromatic heterocycles. The number of para-hydroxylation sites is 1. The van der Waals surface area contributed by atoms with Crippen LogP contribution in [-0.2, 0) is 13.2 Å². The molecule has 0 aliphatic heterocycles. The first-order valence-corrected chi connectivity index (χ1v) is 7.12. The van der Waals surface area contributed by atoms with Crippen molar-refractivity contribution in [2.24, 2.45) is 0 Å². The number of nitrogens with zero attached hydrogens (tertiary/aromatic N) is 1. The molecule has 0 saturated heterocycles. The van der Waals surface area contributed by atoms with Crippen molar-refractivity contribution in [1.82, 2.24) is 5.32 Å². The summed E-state index contributed by atoms with van der Waals surface area (Å²) in [5.74, 6) is 0.898. The van der Waals surface area contributed by atoms with E-state index >= 15 is 0 Å². The lowest BCUT2D eigenvalue weighted by Crippen LogP contribution is -2.22. The van der Waals surface area contributed by atoms with Crippen molar-refractivity contribution in [3.05, 3.63) is 65.2 Å². The van der Waals surface area contributed by atoms with Gasteiger partial charge < -0.3 is 10.1 Å². The first-order chi connectivity index (χ1) is 10.2. The van der Waals surface area contributed by atoms with E-state index in [2.05, 4.69) is 31.3 Å². The monoisotopic (exact) mass is 280 g/mol. The molecule has 0 unspecified atom stereocenters. The minimum Gasteiger partial charge on any atom is -0.489 e. The zero-order valence-electron chi connectivity index (χ0n) is 12.5. The molecule has 0 aliphatic carbocycles. The number of benzene rings is 2. The number of hydrogen-bond acceptors (Lipinski definition) is 3. The number of rotatable bonds is 6. The van der Waals surface area contributed by atoms with Gasteiger partial charge in [-0.15, -0.1) is 0 Å². The quantitative estimate of drug-likeness (QED) is 0.878. The van der Waals surface area contributed by atoms with Gasteiger partial charge in [0.1, 0.15) is 12.4 Å². The Morgan fingerprint density at radius 1 is 1.10 bits per heavy atom. The molecule has 0 heterocycles. The van der Waals surface area contributed by atoms with Gasteiger partial charge >= 0.3 is 0 Å². The summed E-state index contributed by atoms with van der Waals surface area (Å²) in [6.45, 7) is 5.55. The zero-order valence-corrected chi connectivity index (χ0v) is 12.5. The van der Waals surface area contributed by atoms with E-state index in [1.165, 1.54) is 0 Å². The van der Waals surface area contributed by atoms with E-state index in [0.717, 1.165) is 23.4 Å². The van der Waals surface area contributed by atoms with Crippen LogP contribution in [0.4, 0.5) is 0 Å². The normalized spacial score (nSPS) is 10.4. The van der Waals surface area contributed by atoms with Crippen molar-refractivity contribution in [2.75, 3.05) is 0 Å². The number of nitrogens with one attached hydrogen (secondary N) is 1. The molecule has 21 heavy (non-hydrogen) atoms. The fraction of sp³-hybridized carbons (Fsp3) is 0.278. The van der Waals surface area contributed by atoms with Gasteiger partial charge in [0.2, 0.25) is 0 Å². The maximum atomic E-state index is 8.79. The maximum Gasteiger partial charge on any atom is 0.124 e. The van der Waals surface area contributed by atoms with Gasteiger partial charge in [0.15, 0.2) is 0 Å². The predicted molar refractivity (Wildman–Crippen MR) is 83.9 cm³/mol. The number of nitriles is 1. The van der Waals surface area contributed by atoms with Crippen LogP contribution < -0.4 is 10.1 Å². The first kappa shape index (κ1) is 15.1. The Labute approximate surface area is 126 Å². The van der Waals surface area contributed by atoms with Crippen molar-refractivity contribution < 1.29 is 4.74 Å². The highest BCUT2D eigenvalue weighted by molar-refractivity contribution is 5.34. The van der Waals surface area contributed by atoms with Gasteiger partial charge in [-0.05, 0) is 23.8 Å². The van der Waals surface area contributed by atoms with Crippen molar-refractivity contribution in [2.45, 2.75) is 33.0 Å². The van der Waals surface area contributed by atoms with Gasteiger partial charge in [-0.3, -0.25) is 0 Å². The van der Waals surface area contributed by atoms with Gasteiger partial charge in [-0.25, -0.2) is 0 Å². The molecular formula is C18H20N2O. The van der Waals surface area contributed by atoms with Gasteiger partial charge in [0.25, 0.3) is 0 Å². The highest BCUT2D eigenvalue weighted by Gasteiger charge is 2.04. The van der Waals surface area contributed by atoms with Gasteiger partial charge in [-0.1, -0.05) is 44.2 Å². The highest BCUT2D eigenvalue weighted by atomic mass is 16.5. The van der Waals surface area contributed by atoms with Crippen molar-refractivity contribution in [1.29, 1.82) is 5.26 Å². The Bertz CT molecular complexity index is 612. The summed E-state index contributed by atoms with van der Waals surface area (Å²) in [5, 5.41) is 12.2. The predicted octanol–water partition coefficient (Wildman–Crippen LogP) is 3.64. The standard InChI is InChI=1S/C18H20N2O/c1-14(2)20-12-17-5-3-4-6-18(17)21-13-16-9-7-15(11-19)8-10-16/h3-10,14,20H,12-13H2,1-2H3. The third-order valence-corrected chi connectivity index (χ3v) is 3.15. The van der Waals surface area contributed by atoms with E-state index in [0.29, 0.717) is 18.2 Å². The van der Waals surface area contributed by atoms with Crippen molar-refractivity contribution in [3.8, 4) is 11.8 Å². The van der Waals surface area contributed by atoms with E-state index in [1.807, 2.05) is 42.5 Å². The van der Waals surface area contributed by atoms with E-state index in [-0.39, 0.29) is 0 Å². The second-order valence-corrected chi connectivity index (χ2v) is 5.24. The highest BCUT2D eigenvalue weighted by Crippen LogP contribution is 2.19. The molecule has 1 N–H and O–H groups in total. The van der Waals surface area contributed by atoms with Crippen LogP contribution >= 0.6 is 0 Å². The summed E-state index contributed by atoms with van der Waals surface area (Å²) in [5.41, 5.74) is 2.88. The summed E-state index contributed by atoms with van der Waals surface area (Å²) in [6.07, 6.45) is 0. The van der Waals surface area contributed by atoms with Crippen LogP contribution in [-0.4, -0.2) is 6.04 Å². The van der Waals surface area contributed by atoms with E-state index in [9.17, 15) is 0 Å². The van der Waals surface area contributed by atoms with Gasteiger partial charge in [-0.2, -0.15) is 5.26 Å². The molecule has 0 amide bonds. The fourth-order valence-electron chi connectivity index (χ4n) is 1.94. The van der Waals surface area contributed by atoms with E-state index in [4.69, 9.17) is 10.00 Å². The molecule has 3 heteroatoms. The third kappa shape index (κ3) is 4.62. The molecule has 0 radical (unpaired) electrons. The Balaban J connectivity index is 2.00. The summed E-state index contributed by atoms with van der Waals surface area (Å²) in [6, 6.07) is 18.1. The number of ether oxygens (including phenoxy) is 1. The fourth-order valence-corrected chi connectivity index (χ4v) is 1.94. The lowest BCUT2D eigenvalue weighted by molar-refractivity contribution is 0.302. The molecule has 0 aliphatic rings. The van der Waals surface area contributed by atoms with Crippen LogP contribution in [0.15, 0.2) is 48.5 Å². The van der Waals surface area contributed by atoms with Crippen LogP contribution in [0.25, 0.3) is 0 Å². The molecule has 2 aromatic carbocycles. The molecule has 108 valence electrons. The Morgan fingerprint density at radius 3 is 2.48 bits per heavy atom. The van der Waals surface area contributed by atoms with Crippen LogP contribution in [0.2, 0.25) is 0 Å². The minimum atomic E-state index is 0.441. The van der Waals surface area contributed by atoms with Crippen LogP contribution in [0.3, 0.4) is 0 Å². The van der Waals surface area contributed by atoms with E-state index in [1.54, 1.807) is 0 Å². The third-order valence-electron chi connectivity index (χ3n) is 3.15. The largest absolute Gasteiger partial charge is 0.489 e. The Hall–Kier alpha value is -2.31. The Morgan fingerprint density at radius 2 is 1.81 bits per heavy atom. The second-order valence-electron chi connectivity index (χ2n) is 5.24. The molecule has 0 atom stereocenters. The molecular weight excluding hydrogens is 260 g/mol. The average Bonchev–Trinajstić information content (AvgIpc) is 2.52. The van der Waals surface area contributed by atoms with Crippen molar-refractivity contribution >= 4 is 0 Å². The molecule has 0 spiro atoms. The summed E-state index contributed by atoms with van der Waals surface area (Å²) in [4.78, 5) is 0. The lowest BCUT2D eigenvalue weighted by Gasteiger charge is -2.13. The van der Waals surface area contributed by atoms with E-state index < -0.39 is 0 Å². The second kappa shape index (κ2) is 7.47. The van der Waals surface area contributed by atoms with Crippen LogP contribution in [0, 0.1) is 11.3 Å². The maximum absolute atomic E-state index is 8.79. The Kier molecular flexibility index (Phi) is 5.36. The first-order valence-electron chi connectivity index (χ1n) is 7.12. The smallest absolute Gasteiger partial charge is 0.124 e. The SMILES string of the molecule is CC(C)NCc1ccccc1OCc1ccc(C#N)cc1. The van der Waals surface area contributed by atoms with Gasteiger partial charge in [0.05, 0.1) is 11.6 Å². The lowest BCUT2D eigenvalue weighted by atomic mass is 10.1. The number of hydrogen-bond donors (Lipinski definition) is 1. The molecule has 0 saturated carbocycles. The molecule has 2 rings (SSSR count). The molecule has 3 nitrogen and oxygen atoms in total. The summed E-state index contributed by atoms with van der Waals surface area (Å²) in [7, 11) is 0. The van der Waals surface area contributed by atoms with Gasteiger partial charge in [0, 0.05) is 18.2 Å². The van der Waals surface area contributed by atoms with Crippen molar-refractivity contribution in [3.63, 3.8) is 0 Å².